The van der Waals surface area contributed by atoms with E-state index in [-0.39, 0.29) is 0 Å². The van der Waals surface area contributed by atoms with E-state index in [1.54, 1.807) is 0 Å². The van der Waals surface area contributed by atoms with Crippen LogP contribution < -0.4 is 5.32 Å². The minimum atomic E-state index is 0.626. The smallest absolute Gasteiger partial charge is 0.126 e. The van der Waals surface area contributed by atoms with Crippen LogP contribution in [0.15, 0.2) is 36.5 Å². The van der Waals surface area contributed by atoms with Gasteiger partial charge in [0.25, 0.3) is 0 Å². The summed E-state index contributed by atoms with van der Waals surface area (Å²) in [5, 5.41) is 3.52. The number of aromatic nitrogens is 1. The monoisotopic (exact) mass is 252 g/mol. The highest BCUT2D eigenvalue weighted by Crippen LogP contribution is 2.28. The van der Waals surface area contributed by atoms with Crippen molar-refractivity contribution in [3.05, 3.63) is 47.7 Å². The fraction of sp³-hybridized carbons (Fsp3) is 0.353. The molecule has 0 atom stereocenters. The third-order valence-corrected chi connectivity index (χ3v) is 3.92. The number of hydrogen-bond donors (Lipinski definition) is 1. The van der Waals surface area contributed by atoms with E-state index in [2.05, 4.69) is 54.5 Å². The molecule has 1 aromatic heterocycles. The molecule has 98 valence electrons. The minimum absolute atomic E-state index is 0.626. The van der Waals surface area contributed by atoms with Crippen molar-refractivity contribution in [2.75, 3.05) is 5.32 Å². The van der Waals surface area contributed by atoms with Crippen molar-refractivity contribution in [1.29, 1.82) is 0 Å². The van der Waals surface area contributed by atoms with Crippen LogP contribution in [0.3, 0.4) is 0 Å². The molecule has 0 saturated heterocycles. The first-order valence-electron chi connectivity index (χ1n) is 7.02. The first-order chi connectivity index (χ1) is 9.22. The molecule has 1 N–H and O–H groups in total. The molecule has 3 rings (SSSR count). The lowest BCUT2D eigenvalue weighted by atomic mass is 9.93. The summed E-state index contributed by atoms with van der Waals surface area (Å²) < 4.78 is 0. The Morgan fingerprint density at radius 2 is 1.84 bits per heavy atom. The van der Waals surface area contributed by atoms with Crippen LogP contribution in [0, 0.1) is 13.8 Å². The average molecular weight is 252 g/mol. The van der Waals surface area contributed by atoms with E-state index >= 15 is 0 Å². The van der Waals surface area contributed by atoms with Crippen LogP contribution in [0.1, 0.15) is 30.4 Å². The molecule has 0 bridgehead atoms. The molecule has 2 heteroatoms. The lowest BCUT2D eigenvalue weighted by Crippen LogP contribution is -2.27. The molecule has 1 fully saturated rings. The average Bonchev–Trinajstić information content (AvgIpc) is 2.37. The normalized spacial score (nSPS) is 15.1. The van der Waals surface area contributed by atoms with Gasteiger partial charge < -0.3 is 5.32 Å². The maximum atomic E-state index is 4.49. The van der Waals surface area contributed by atoms with Gasteiger partial charge in [-0.3, -0.25) is 0 Å². The lowest BCUT2D eigenvalue weighted by Gasteiger charge is -2.27. The van der Waals surface area contributed by atoms with Gasteiger partial charge in [-0.1, -0.05) is 29.8 Å². The summed E-state index contributed by atoms with van der Waals surface area (Å²) in [5.74, 6) is 1.01. The zero-order valence-electron chi connectivity index (χ0n) is 11.6. The van der Waals surface area contributed by atoms with Crippen molar-refractivity contribution in [3.63, 3.8) is 0 Å². The molecule has 0 unspecified atom stereocenters. The summed E-state index contributed by atoms with van der Waals surface area (Å²) in [6.07, 6.45) is 5.86. The predicted molar refractivity (Wildman–Crippen MR) is 80.4 cm³/mol. The summed E-state index contributed by atoms with van der Waals surface area (Å²) >= 11 is 0. The Hall–Kier alpha value is -1.83. The Balaban J connectivity index is 1.90. The predicted octanol–water partition coefficient (Wildman–Crippen LogP) is 4.33. The summed E-state index contributed by atoms with van der Waals surface area (Å²) in [6, 6.07) is 11.5. The number of nitrogens with one attached hydrogen (secondary N) is 1. The van der Waals surface area contributed by atoms with Gasteiger partial charge in [-0.05, 0) is 55.9 Å². The van der Waals surface area contributed by atoms with Gasteiger partial charge in [0.15, 0.2) is 0 Å². The molecule has 0 radical (unpaired) electrons. The second-order valence-corrected chi connectivity index (χ2v) is 5.52. The Bertz CT molecular complexity index is 568. The zero-order chi connectivity index (χ0) is 13.2. The second kappa shape index (κ2) is 5.04. The van der Waals surface area contributed by atoms with Crippen LogP contribution in [-0.2, 0) is 0 Å². The topological polar surface area (TPSA) is 24.9 Å². The third kappa shape index (κ3) is 2.62. The van der Waals surface area contributed by atoms with Crippen molar-refractivity contribution < 1.29 is 0 Å². The number of hydrogen-bond acceptors (Lipinski definition) is 2. The van der Waals surface area contributed by atoms with Crippen LogP contribution in [0.5, 0.6) is 0 Å². The van der Waals surface area contributed by atoms with Crippen LogP contribution in [-0.4, -0.2) is 11.0 Å². The van der Waals surface area contributed by atoms with Gasteiger partial charge in [0, 0.05) is 12.2 Å². The molecule has 2 aromatic rings. The molecule has 1 saturated carbocycles. The fourth-order valence-corrected chi connectivity index (χ4v) is 2.41. The third-order valence-electron chi connectivity index (χ3n) is 3.92. The van der Waals surface area contributed by atoms with Crippen LogP contribution in [0.4, 0.5) is 5.82 Å². The quantitative estimate of drug-likeness (QED) is 0.879. The number of anilines is 1. The standard InChI is InChI=1S/C17H20N2/c1-12-6-8-14(9-7-12)16-10-17(18-11-13(16)2)19-15-4-3-5-15/h6-11,15H,3-5H2,1-2H3,(H,18,19). The SMILES string of the molecule is Cc1ccc(-c2cc(NC3CCC3)ncc2C)cc1. The van der Waals surface area contributed by atoms with Crippen LogP contribution >= 0.6 is 0 Å². The van der Waals surface area contributed by atoms with Gasteiger partial charge in [-0.2, -0.15) is 0 Å². The number of pyridine rings is 1. The number of rotatable bonds is 3. The highest BCUT2D eigenvalue weighted by Gasteiger charge is 2.17. The molecule has 2 nitrogen and oxygen atoms in total. The van der Waals surface area contributed by atoms with Crippen molar-refractivity contribution in [1.82, 2.24) is 4.98 Å². The van der Waals surface area contributed by atoms with Crippen LogP contribution in [0.25, 0.3) is 11.1 Å². The van der Waals surface area contributed by atoms with Crippen molar-refractivity contribution >= 4 is 5.82 Å². The summed E-state index contributed by atoms with van der Waals surface area (Å²) in [4.78, 5) is 4.49. The summed E-state index contributed by atoms with van der Waals surface area (Å²) in [7, 11) is 0. The molecule has 1 aliphatic rings. The van der Waals surface area contributed by atoms with E-state index in [1.807, 2.05) is 6.20 Å². The maximum Gasteiger partial charge on any atom is 0.126 e. The molecular weight excluding hydrogens is 232 g/mol. The van der Waals surface area contributed by atoms with Crippen LogP contribution in [0.2, 0.25) is 0 Å². The molecular formula is C17H20N2. The first kappa shape index (κ1) is 12.2. The minimum Gasteiger partial charge on any atom is -0.367 e. The van der Waals surface area contributed by atoms with E-state index < -0.39 is 0 Å². The van der Waals surface area contributed by atoms with E-state index in [0.29, 0.717) is 6.04 Å². The number of nitrogens with zero attached hydrogens (tertiary/aromatic N) is 1. The second-order valence-electron chi connectivity index (χ2n) is 5.52. The fourth-order valence-electron chi connectivity index (χ4n) is 2.41. The van der Waals surface area contributed by atoms with E-state index in [1.165, 1.54) is 41.5 Å². The largest absolute Gasteiger partial charge is 0.367 e. The zero-order valence-corrected chi connectivity index (χ0v) is 11.6. The van der Waals surface area contributed by atoms with Crippen molar-refractivity contribution in [2.45, 2.75) is 39.2 Å². The van der Waals surface area contributed by atoms with Crippen molar-refractivity contribution in [2.24, 2.45) is 0 Å². The molecule has 1 aliphatic carbocycles. The molecule has 1 aromatic carbocycles. The number of benzene rings is 1. The van der Waals surface area contributed by atoms with Gasteiger partial charge in [-0.15, -0.1) is 0 Å². The Labute approximate surface area is 114 Å². The van der Waals surface area contributed by atoms with Gasteiger partial charge in [0.2, 0.25) is 0 Å². The van der Waals surface area contributed by atoms with E-state index in [9.17, 15) is 0 Å². The van der Waals surface area contributed by atoms with E-state index in [0.717, 1.165) is 5.82 Å². The molecule has 0 aliphatic heterocycles. The molecule has 1 heterocycles. The molecule has 0 amide bonds. The highest BCUT2D eigenvalue weighted by molar-refractivity contribution is 5.70. The van der Waals surface area contributed by atoms with Crippen molar-refractivity contribution in [3.8, 4) is 11.1 Å². The maximum absolute atomic E-state index is 4.49. The van der Waals surface area contributed by atoms with E-state index in [4.69, 9.17) is 0 Å². The first-order valence-corrected chi connectivity index (χ1v) is 7.02. The van der Waals surface area contributed by atoms with Gasteiger partial charge in [-0.25, -0.2) is 4.98 Å². The Morgan fingerprint density at radius 1 is 1.11 bits per heavy atom. The lowest BCUT2D eigenvalue weighted by molar-refractivity contribution is 0.444. The Morgan fingerprint density at radius 3 is 2.47 bits per heavy atom. The summed E-state index contributed by atoms with van der Waals surface area (Å²) in [6.45, 7) is 4.24. The highest BCUT2D eigenvalue weighted by atomic mass is 15.0. The summed E-state index contributed by atoms with van der Waals surface area (Å²) in [5.41, 5.74) is 5.06. The number of aryl methyl sites for hydroxylation is 2. The van der Waals surface area contributed by atoms with Gasteiger partial charge in [0.1, 0.15) is 5.82 Å². The molecule has 0 spiro atoms. The molecule has 19 heavy (non-hydrogen) atoms. The van der Waals surface area contributed by atoms with Gasteiger partial charge in [0.05, 0.1) is 0 Å². The van der Waals surface area contributed by atoms with Gasteiger partial charge >= 0.3 is 0 Å². The Kier molecular flexibility index (Phi) is 3.24.